The molecular weight excluding hydrogens is 347 g/mol. The number of aromatic nitrogens is 3. The van der Waals surface area contributed by atoms with Gasteiger partial charge in [0.2, 0.25) is 0 Å². The Labute approximate surface area is 157 Å². The maximum absolute atomic E-state index is 13.9. The van der Waals surface area contributed by atoms with E-state index in [4.69, 9.17) is 4.74 Å². The predicted octanol–water partition coefficient (Wildman–Crippen LogP) is 2.35. The van der Waals surface area contributed by atoms with Crippen molar-refractivity contribution in [2.75, 3.05) is 20.7 Å². The number of halogens is 1. The fraction of sp³-hybridized carbons (Fsp3) is 0.316. The molecular formula is C19H23FN6O. The third kappa shape index (κ3) is 4.33. The number of methoxy groups -OCH3 is 1. The van der Waals surface area contributed by atoms with Gasteiger partial charge in [0.25, 0.3) is 0 Å². The summed E-state index contributed by atoms with van der Waals surface area (Å²) in [6, 6.07) is 10.6. The first-order chi connectivity index (χ1) is 13.1. The van der Waals surface area contributed by atoms with E-state index in [0.29, 0.717) is 18.9 Å². The van der Waals surface area contributed by atoms with Crippen molar-refractivity contribution in [1.82, 2.24) is 25.2 Å². The van der Waals surface area contributed by atoms with E-state index in [1.165, 1.54) is 13.2 Å². The van der Waals surface area contributed by atoms with Crippen LogP contribution in [0.25, 0.3) is 5.65 Å². The SMILES string of the molecule is CN=C(NCCc1nnc2ccccn12)NC(C)c1ccc(OC)c(F)c1. The lowest BCUT2D eigenvalue weighted by Gasteiger charge is -2.18. The summed E-state index contributed by atoms with van der Waals surface area (Å²) in [5, 5.41) is 14.9. The van der Waals surface area contributed by atoms with Crippen LogP contribution in [0.4, 0.5) is 4.39 Å². The van der Waals surface area contributed by atoms with Gasteiger partial charge in [-0.2, -0.15) is 0 Å². The van der Waals surface area contributed by atoms with E-state index >= 15 is 0 Å². The van der Waals surface area contributed by atoms with Gasteiger partial charge in [-0.25, -0.2) is 4.39 Å². The summed E-state index contributed by atoms with van der Waals surface area (Å²) in [5.41, 5.74) is 1.63. The van der Waals surface area contributed by atoms with Crippen molar-refractivity contribution in [3.63, 3.8) is 0 Å². The molecule has 3 aromatic rings. The third-order valence-corrected chi connectivity index (χ3v) is 4.28. The minimum absolute atomic E-state index is 0.120. The highest BCUT2D eigenvalue weighted by Gasteiger charge is 2.11. The molecule has 0 aliphatic heterocycles. The van der Waals surface area contributed by atoms with E-state index in [0.717, 1.165) is 17.0 Å². The van der Waals surface area contributed by atoms with Crippen LogP contribution < -0.4 is 15.4 Å². The van der Waals surface area contributed by atoms with Crippen LogP contribution in [0.1, 0.15) is 24.4 Å². The van der Waals surface area contributed by atoms with Crippen molar-refractivity contribution in [3.05, 3.63) is 59.8 Å². The molecule has 0 amide bonds. The molecule has 0 fully saturated rings. The average Bonchev–Trinajstić information content (AvgIpc) is 3.10. The number of rotatable bonds is 6. The monoisotopic (exact) mass is 370 g/mol. The highest BCUT2D eigenvalue weighted by Crippen LogP contribution is 2.21. The number of guanidine groups is 1. The minimum atomic E-state index is -0.384. The average molecular weight is 370 g/mol. The van der Waals surface area contributed by atoms with Crippen molar-refractivity contribution in [3.8, 4) is 5.75 Å². The number of aliphatic imine (C=N–C) groups is 1. The molecule has 0 aliphatic rings. The van der Waals surface area contributed by atoms with Crippen LogP contribution >= 0.6 is 0 Å². The highest BCUT2D eigenvalue weighted by molar-refractivity contribution is 5.80. The fourth-order valence-electron chi connectivity index (χ4n) is 2.79. The predicted molar refractivity (Wildman–Crippen MR) is 103 cm³/mol. The molecule has 2 aromatic heterocycles. The molecule has 0 aliphatic carbocycles. The minimum Gasteiger partial charge on any atom is -0.494 e. The largest absolute Gasteiger partial charge is 0.494 e. The van der Waals surface area contributed by atoms with Gasteiger partial charge in [0.15, 0.2) is 23.2 Å². The summed E-state index contributed by atoms with van der Waals surface area (Å²) in [6.07, 6.45) is 2.63. The molecule has 0 radical (unpaired) electrons. The standard InChI is InChI=1S/C19H23FN6O/c1-13(14-7-8-16(27-3)15(20)12-14)23-19(21-2)22-10-9-18-25-24-17-6-4-5-11-26(17)18/h4-8,11-13H,9-10H2,1-3H3,(H2,21,22,23). The number of nitrogens with zero attached hydrogens (tertiary/aromatic N) is 4. The summed E-state index contributed by atoms with van der Waals surface area (Å²) in [6.45, 7) is 2.58. The van der Waals surface area contributed by atoms with Gasteiger partial charge in [-0.05, 0) is 36.8 Å². The van der Waals surface area contributed by atoms with Gasteiger partial charge in [-0.3, -0.25) is 9.39 Å². The second-order valence-electron chi connectivity index (χ2n) is 6.05. The topological polar surface area (TPSA) is 75.8 Å². The highest BCUT2D eigenvalue weighted by atomic mass is 19.1. The summed E-state index contributed by atoms with van der Waals surface area (Å²) < 4.78 is 20.8. The Kier molecular flexibility index (Phi) is 5.85. The number of benzene rings is 1. The van der Waals surface area contributed by atoms with Crippen LogP contribution in [0, 0.1) is 5.82 Å². The van der Waals surface area contributed by atoms with Gasteiger partial charge >= 0.3 is 0 Å². The lowest BCUT2D eigenvalue weighted by molar-refractivity contribution is 0.386. The maximum Gasteiger partial charge on any atom is 0.191 e. The zero-order chi connectivity index (χ0) is 19.2. The van der Waals surface area contributed by atoms with Crippen molar-refractivity contribution in [1.29, 1.82) is 0 Å². The van der Waals surface area contributed by atoms with Gasteiger partial charge in [0.1, 0.15) is 5.82 Å². The van der Waals surface area contributed by atoms with Crippen LogP contribution in [-0.2, 0) is 6.42 Å². The third-order valence-electron chi connectivity index (χ3n) is 4.28. The van der Waals surface area contributed by atoms with Gasteiger partial charge in [-0.1, -0.05) is 12.1 Å². The number of nitrogens with one attached hydrogen (secondary N) is 2. The van der Waals surface area contributed by atoms with Gasteiger partial charge in [0.05, 0.1) is 13.2 Å². The molecule has 27 heavy (non-hydrogen) atoms. The van der Waals surface area contributed by atoms with E-state index in [1.54, 1.807) is 13.1 Å². The van der Waals surface area contributed by atoms with Crippen LogP contribution in [0.3, 0.4) is 0 Å². The Balaban J connectivity index is 1.57. The molecule has 0 saturated heterocycles. The van der Waals surface area contributed by atoms with Crippen LogP contribution in [0.15, 0.2) is 47.6 Å². The lowest BCUT2D eigenvalue weighted by atomic mass is 10.1. The molecule has 142 valence electrons. The first-order valence-electron chi connectivity index (χ1n) is 8.71. The second-order valence-corrected chi connectivity index (χ2v) is 6.05. The normalized spacial score (nSPS) is 12.8. The van der Waals surface area contributed by atoms with E-state index in [1.807, 2.05) is 41.8 Å². The number of pyridine rings is 1. The van der Waals surface area contributed by atoms with Gasteiger partial charge in [0, 0.05) is 26.2 Å². The van der Waals surface area contributed by atoms with E-state index in [2.05, 4.69) is 25.8 Å². The van der Waals surface area contributed by atoms with Crippen molar-refractivity contribution >= 4 is 11.6 Å². The van der Waals surface area contributed by atoms with Crippen LogP contribution in [0.5, 0.6) is 5.75 Å². The number of hydrogen-bond donors (Lipinski definition) is 2. The summed E-state index contributed by atoms with van der Waals surface area (Å²) in [4.78, 5) is 4.22. The first-order valence-corrected chi connectivity index (χ1v) is 8.71. The van der Waals surface area contributed by atoms with Gasteiger partial charge in [-0.15, -0.1) is 10.2 Å². The molecule has 1 aromatic carbocycles. The zero-order valence-corrected chi connectivity index (χ0v) is 15.6. The van der Waals surface area contributed by atoms with Crippen molar-refractivity contribution in [2.45, 2.75) is 19.4 Å². The Morgan fingerprint density at radius 3 is 2.89 bits per heavy atom. The number of fused-ring (bicyclic) bond motifs is 1. The quantitative estimate of drug-likeness (QED) is 0.515. The first kappa shape index (κ1) is 18.6. The van der Waals surface area contributed by atoms with Crippen molar-refractivity contribution in [2.24, 2.45) is 4.99 Å². The fourth-order valence-corrected chi connectivity index (χ4v) is 2.79. The van der Waals surface area contributed by atoms with Crippen LogP contribution in [0.2, 0.25) is 0 Å². The zero-order valence-electron chi connectivity index (χ0n) is 15.6. The Morgan fingerprint density at radius 1 is 1.30 bits per heavy atom. The Hall–Kier alpha value is -3.16. The molecule has 0 saturated carbocycles. The van der Waals surface area contributed by atoms with E-state index in [9.17, 15) is 4.39 Å². The lowest BCUT2D eigenvalue weighted by Crippen LogP contribution is -2.39. The Morgan fingerprint density at radius 2 is 2.15 bits per heavy atom. The molecule has 1 unspecified atom stereocenters. The summed E-state index contributed by atoms with van der Waals surface area (Å²) in [7, 11) is 3.15. The smallest absolute Gasteiger partial charge is 0.191 e. The number of ether oxygens (including phenoxy) is 1. The second kappa shape index (κ2) is 8.48. The van der Waals surface area contributed by atoms with Crippen LogP contribution in [-0.4, -0.2) is 41.3 Å². The Bertz CT molecular complexity index is 939. The molecule has 3 rings (SSSR count). The number of hydrogen-bond acceptors (Lipinski definition) is 4. The van der Waals surface area contributed by atoms with E-state index < -0.39 is 0 Å². The molecule has 7 nitrogen and oxygen atoms in total. The molecule has 8 heteroatoms. The molecule has 0 spiro atoms. The molecule has 2 N–H and O–H groups in total. The maximum atomic E-state index is 13.9. The van der Waals surface area contributed by atoms with E-state index in [-0.39, 0.29) is 17.6 Å². The molecule has 0 bridgehead atoms. The summed E-state index contributed by atoms with van der Waals surface area (Å²) in [5.74, 6) is 1.35. The summed E-state index contributed by atoms with van der Waals surface area (Å²) >= 11 is 0. The molecule has 2 heterocycles. The van der Waals surface area contributed by atoms with Crippen molar-refractivity contribution < 1.29 is 9.13 Å². The molecule has 1 atom stereocenters. The van der Waals surface area contributed by atoms with Gasteiger partial charge < -0.3 is 15.4 Å².